The third kappa shape index (κ3) is 5.16. The lowest BCUT2D eigenvalue weighted by Gasteiger charge is -2.36. The van der Waals surface area contributed by atoms with E-state index in [1.165, 1.54) is 33.1 Å². The number of aromatic nitrogens is 1. The first-order chi connectivity index (χ1) is 15.9. The molecule has 33 heavy (non-hydrogen) atoms. The number of carbonyl (C=O) groups is 1. The van der Waals surface area contributed by atoms with Gasteiger partial charge in [-0.3, -0.25) is 14.5 Å². The van der Waals surface area contributed by atoms with Crippen LogP contribution in [0.15, 0.2) is 46.7 Å². The first-order valence-electron chi connectivity index (χ1n) is 10.1. The predicted octanol–water partition coefficient (Wildman–Crippen LogP) is 4.77. The summed E-state index contributed by atoms with van der Waals surface area (Å²) < 4.78 is 46.1. The third-order valence-corrected chi connectivity index (χ3v) is 7.30. The summed E-state index contributed by atoms with van der Waals surface area (Å²) in [5.41, 5.74) is 1.70. The molecule has 2 heterocycles. The number of benzene rings is 2. The highest BCUT2D eigenvalue weighted by atomic mass is 32.2. The Kier molecular flexibility index (Phi) is 7.23. The number of urea groups is 1. The molecule has 0 spiro atoms. The van der Waals surface area contributed by atoms with Crippen LogP contribution in [0.2, 0.25) is 0 Å². The lowest BCUT2D eigenvalue weighted by atomic mass is 10.0. The fourth-order valence-corrected chi connectivity index (χ4v) is 5.30. The summed E-state index contributed by atoms with van der Waals surface area (Å²) in [7, 11) is 0. The number of hydrogen-bond acceptors (Lipinski definition) is 6. The van der Waals surface area contributed by atoms with Gasteiger partial charge in [0.15, 0.2) is 5.13 Å². The number of hydrogen-bond donors (Lipinski definition) is 2. The van der Waals surface area contributed by atoms with E-state index in [0.717, 1.165) is 22.4 Å². The van der Waals surface area contributed by atoms with Crippen LogP contribution >= 0.6 is 23.3 Å². The molecule has 1 atom stereocenters. The average molecular weight is 495 g/mol. The summed E-state index contributed by atoms with van der Waals surface area (Å²) in [6, 6.07) is 9.10. The second-order valence-electron chi connectivity index (χ2n) is 7.36. The monoisotopic (exact) mass is 494 g/mol. The Bertz CT molecular complexity index is 1140. The highest BCUT2D eigenvalue weighted by molar-refractivity contribution is 7.99. The van der Waals surface area contributed by atoms with Crippen molar-refractivity contribution in [2.45, 2.75) is 17.3 Å². The molecule has 0 aliphatic carbocycles. The molecule has 1 fully saturated rings. The minimum absolute atomic E-state index is 0.00848. The summed E-state index contributed by atoms with van der Waals surface area (Å²) in [6.07, 6.45) is -1.30. The van der Waals surface area contributed by atoms with E-state index in [2.05, 4.69) is 9.71 Å². The van der Waals surface area contributed by atoms with Crippen LogP contribution in [0.4, 0.5) is 28.8 Å². The summed E-state index contributed by atoms with van der Waals surface area (Å²) in [4.78, 5) is 20.2. The largest absolute Gasteiger partial charge is 0.395 e. The number of halogens is 3. The summed E-state index contributed by atoms with van der Waals surface area (Å²) in [5.74, 6) is -1.12. The van der Waals surface area contributed by atoms with Crippen LogP contribution in [0.5, 0.6) is 0 Å². The molecule has 1 saturated heterocycles. The summed E-state index contributed by atoms with van der Waals surface area (Å²) >= 11 is 2.57. The van der Waals surface area contributed by atoms with E-state index in [9.17, 15) is 18.0 Å². The van der Waals surface area contributed by atoms with Gasteiger partial charge in [-0.2, -0.15) is 0 Å². The van der Waals surface area contributed by atoms with Crippen LogP contribution in [0.1, 0.15) is 5.69 Å². The van der Waals surface area contributed by atoms with E-state index in [1.807, 2.05) is 0 Å². The van der Waals surface area contributed by atoms with E-state index >= 15 is 0 Å². The third-order valence-electron chi connectivity index (χ3n) is 4.99. The van der Waals surface area contributed by atoms with Gasteiger partial charge < -0.3 is 5.11 Å². The zero-order valence-electron chi connectivity index (χ0n) is 17.6. The number of carbonyl (C=O) groups excluding carboxylic acids is 1. The fourth-order valence-electron chi connectivity index (χ4n) is 3.41. The molecule has 0 radical (unpaired) electrons. The van der Waals surface area contributed by atoms with E-state index in [1.54, 1.807) is 31.2 Å². The van der Waals surface area contributed by atoms with Crippen LogP contribution in [-0.4, -0.2) is 48.5 Å². The normalized spacial score (nSPS) is 16.5. The van der Waals surface area contributed by atoms with Crippen molar-refractivity contribution in [1.29, 1.82) is 0 Å². The molecule has 11 heteroatoms. The van der Waals surface area contributed by atoms with Gasteiger partial charge in [0.1, 0.15) is 22.0 Å². The van der Waals surface area contributed by atoms with Crippen molar-refractivity contribution >= 4 is 40.1 Å². The Balaban J connectivity index is 1.56. The second kappa shape index (κ2) is 10.1. The smallest absolute Gasteiger partial charge is 0.330 e. The van der Waals surface area contributed by atoms with Crippen molar-refractivity contribution in [1.82, 2.24) is 9.71 Å². The number of aliphatic hydroxyl groups excluding tert-OH is 1. The standard InChI is InChI=1S/C22H21F3N4O2S2/c1-13-20(33-26-8-9-30)32-21(27-13)29-12-16(24)11-28(22(29)31)17-5-2-14(3-6-17)18-10-15(23)4-7-19(18)25/h2-7,10,16,26,30H,8-9,11-12H2,1H3. The maximum absolute atomic E-state index is 14.6. The van der Waals surface area contributed by atoms with Crippen LogP contribution in [0.25, 0.3) is 11.1 Å². The summed E-state index contributed by atoms with van der Waals surface area (Å²) in [5, 5.41) is 9.29. The van der Waals surface area contributed by atoms with Crippen molar-refractivity contribution < 1.29 is 23.1 Å². The van der Waals surface area contributed by atoms with Gasteiger partial charge in [0, 0.05) is 17.8 Å². The zero-order valence-corrected chi connectivity index (χ0v) is 19.2. The van der Waals surface area contributed by atoms with Crippen molar-refractivity contribution in [2.24, 2.45) is 0 Å². The lowest BCUT2D eigenvalue weighted by Crippen LogP contribution is -2.55. The highest BCUT2D eigenvalue weighted by Gasteiger charge is 2.35. The van der Waals surface area contributed by atoms with Crippen LogP contribution < -0.4 is 14.5 Å². The van der Waals surface area contributed by atoms with Gasteiger partial charge in [-0.15, -0.1) is 0 Å². The van der Waals surface area contributed by atoms with Crippen molar-refractivity contribution in [3.63, 3.8) is 0 Å². The van der Waals surface area contributed by atoms with E-state index < -0.39 is 23.8 Å². The Morgan fingerprint density at radius 2 is 1.91 bits per heavy atom. The molecular formula is C22H21F3N4O2S2. The first kappa shape index (κ1) is 23.6. The molecule has 1 aromatic heterocycles. The lowest BCUT2D eigenvalue weighted by molar-refractivity contribution is 0.236. The quantitative estimate of drug-likeness (QED) is 0.366. The number of aliphatic hydroxyl groups is 1. The van der Waals surface area contributed by atoms with Gasteiger partial charge in [0.05, 0.1) is 25.4 Å². The van der Waals surface area contributed by atoms with E-state index in [0.29, 0.717) is 28.6 Å². The summed E-state index contributed by atoms with van der Waals surface area (Å²) in [6.45, 7) is 1.96. The van der Waals surface area contributed by atoms with Crippen LogP contribution in [0.3, 0.4) is 0 Å². The maximum atomic E-state index is 14.6. The topological polar surface area (TPSA) is 68.7 Å². The number of anilines is 2. The molecule has 1 unspecified atom stereocenters. The molecule has 6 nitrogen and oxygen atoms in total. The Labute approximate surface area is 197 Å². The molecular weight excluding hydrogens is 473 g/mol. The number of aryl methyl sites for hydroxylation is 1. The number of thiazole rings is 1. The molecule has 2 aromatic carbocycles. The van der Waals surface area contributed by atoms with E-state index in [-0.39, 0.29) is 25.3 Å². The molecule has 2 amide bonds. The molecule has 3 aromatic rings. The number of amides is 2. The number of rotatable bonds is 7. The minimum atomic E-state index is -1.30. The molecule has 0 saturated carbocycles. The highest BCUT2D eigenvalue weighted by Crippen LogP contribution is 2.35. The van der Waals surface area contributed by atoms with Gasteiger partial charge in [0.2, 0.25) is 0 Å². The molecule has 1 aliphatic rings. The predicted molar refractivity (Wildman–Crippen MR) is 125 cm³/mol. The Morgan fingerprint density at radius 3 is 2.64 bits per heavy atom. The van der Waals surface area contributed by atoms with E-state index in [4.69, 9.17) is 5.11 Å². The van der Waals surface area contributed by atoms with Gasteiger partial charge in [0.25, 0.3) is 0 Å². The van der Waals surface area contributed by atoms with Crippen LogP contribution in [-0.2, 0) is 0 Å². The zero-order chi connectivity index (χ0) is 23.5. The Hall–Kier alpha value is -2.60. The van der Waals surface area contributed by atoms with Crippen molar-refractivity contribution in [3.05, 3.63) is 59.8 Å². The minimum Gasteiger partial charge on any atom is -0.395 e. The second-order valence-corrected chi connectivity index (χ2v) is 9.50. The molecule has 0 bridgehead atoms. The fraction of sp³-hybridized carbons (Fsp3) is 0.273. The average Bonchev–Trinajstić information content (AvgIpc) is 3.17. The first-order valence-corrected chi connectivity index (χ1v) is 11.8. The Morgan fingerprint density at radius 1 is 1.18 bits per heavy atom. The van der Waals surface area contributed by atoms with Gasteiger partial charge in [-0.1, -0.05) is 23.5 Å². The molecule has 1 aliphatic heterocycles. The van der Waals surface area contributed by atoms with Crippen molar-refractivity contribution in [2.75, 3.05) is 36.0 Å². The SMILES string of the molecule is Cc1nc(N2CC(F)CN(c3ccc(-c4cc(F)ccc4F)cc3)C2=O)sc1SNCCO. The van der Waals surface area contributed by atoms with Gasteiger partial charge in [-0.05, 0) is 54.8 Å². The number of nitrogens with one attached hydrogen (secondary N) is 1. The molecule has 2 N–H and O–H groups in total. The maximum Gasteiger partial charge on any atom is 0.330 e. The van der Waals surface area contributed by atoms with Gasteiger partial charge in [-0.25, -0.2) is 22.9 Å². The number of alkyl halides is 1. The van der Waals surface area contributed by atoms with Crippen LogP contribution in [0, 0.1) is 18.6 Å². The molecule has 4 rings (SSSR count). The molecule has 174 valence electrons. The van der Waals surface area contributed by atoms with Crippen molar-refractivity contribution in [3.8, 4) is 11.1 Å². The van der Waals surface area contributed by atoms with Gasteiger partial charge >= 0.3 is 6.03 Å². The number of nitrogens with zero attached hydrogens (tertiary/aromatic N) is 3.